The first-order valence-corrected chi connectivity index (χ1v) is 9.18. The van der Waals surface area contributed by atoms with Crippen molar-refractivity contribution in [2.45, 2.75) is 57.6 Å². The van der Waals surface area contributed by atoms with E-state index in [-0.39, 0.29) is 0 Å². The van der Waals surface area contributed by atoms with Crippen LogP contribution in [0.2, 0.25) is 0 Å². The molecule has 0 aliphatic heterocycles. The molecule has 0 saturated carbocycles. The molecular formula is C21H28S. The second kappa shape index (κ2) is 7.87. The minimum Gasteiger partial charge on any atom is -0.123 e. The van der Waals surface area contributed by atoms with Gasteiger partial charge in [-0.15, -0.1) is 11.8 Å². The predicted octanol–water partition coefficient (Wildman–Crippen LogP) is 6.62. The summed E-state index contributed by atoms with van der Waals surface area (Å²) in [7, 11) is 0. The van der Waals surface area contributed by atoms with Gasteiger partial charge in [-0.25, -0.2) is 0 Å². The highest BCUT2D eigenvalue weighted by atomic mass is 32.2. The van der Waals surface area contributed by atoms with Crippen molar-refractivity contribution < 1.29 is 0 Å². The van der Waals surface area contributed by atoms with Crippen molar-refractivity contribution in [3.8, 4) is 0 Å². The minimum absolute atomic E-state index is 0.305. The standard InChI is InChI=1S/C21H28S/c1-5-13-21(6-2,16-19-11-7-9-17(3)14-19)22-20-12-8-10-18(4)15-20/h7-12,14H,4-6,13,15-16H2,1-3H3. The summed E-state index contributed by atoms with van der Waals surface area (Å²) in [4.78, 5) is 1.47. The quantitative estimate of drug-likeness (QED) is 0.545. The summed E-state index contributed by atoms with van der Waals surface area (Å²) >= 11 is 2.09. The molecule has 1 aliphatic carbocycles. The second-order valence-corrected chi connectivity index (χ2v) is 7.98. The van der Waals surface area contributed by atoms with E-state index in [2.05, 4.69) is 81.6 Å². The van der Waals surface area contributed by atoms with Gasteiger partial charge in [-0.3, -0.25) is 0 Å². The van der Waals surface area contributed by atoms with Gasteiger partial charge in [-0.1, -0.05) is 80.5 Å². The van der Waals surface area contributed by atoms with Crippen LogP contribution < -0.4 is 0 Å². The van der Waals surface area contributed by atoms with Crippen LogP contribution in [0.15, 0.2) is 59.6 Å². The van der Waals surface area contributed by atoms with Crippen LogP contribution in [0.25, 0.3) is 0 Å². The minimum atomic E-state index is 0.305. The van der Waals surface area contributed by atoms with Crippen LogP contribution in [-0.2, 0) is 6.42 Å². The third-order valence-electron chi connectivity index (χ3n) is 4.32. The van der Waals surface area contributed by atoms with Crippen LogP contribution in [0.1, 0.15) is 50.7 Å². The first-order chi connectivity index (χ1) is 10.6. The molecule has 0 amide bonds. The molecule has 1 atom stereocenters. The maximum atomic E-state index is 4.12. The lowest BCUT2D eigenvalue weighted by Crippen LogP contribution is -2.27. The molecule has 0 fully saturated rings. The average Bonchev–Trinajstić information content (AvgIpc) is 2.47. The number of hydrogen-bond acceptors (Lipinski definition) is 1. The molecule has 1 aromatic rings. The van der Waals surface area contributed by atoms with Crippen molar-refractivity contribution in [3.05, 3.63) is 70.7 Å². The van der Waals surface area contributed by atoms with Gasteiger partial charge >= 0.3 is 0 Å². The van der Waals surface area contributed by atoms with Crippen molar-refractivity contribution in [2.24, 2.45) is 0 Å². The maximum Gasteiger partial charge on any atom is 0.0241 e. The molecule has 1 aliphatic rings. The Labute approximate surface area is 140 Å². The highest BCUT2D eigenvalue weighted by Crippen LogP contribution is 2.44. The van der Waals surface area contributed by atoms with Crippen LogP contribution in [0, 0.1) is 6.92 Å². The zero-order chi connectivity index (χ0) is 16.0. The van der Waals surface area contributed by atoms with E-state index < -0.39 is 0 Å². The summed E-state index contributed by atoms with van der Waals surface area (Å²) in [5, 5.41) is 0. The van der Waals surface area contributed by atoms with Crippen molar-refractivity contribution in [3.63, 3.8) is 0 Å². The first kappa shape index (κ1) is 17.1. The predicted molar refractivity (Wildman–Crippen MR) is 101 cm³/mol. The van der Waals surface area contributed by atoms with Crippen LogP contribution in [-0.4, -0.2) is 4.75 Å². The topological polar surface area (TPSA) is 0 Å². The number of hydrogen-bond donors (Lipinski definition) is 0. The fourth-order valence-corrected chi connectivity index (χ4v) is 4.83. The second-order valence-electron chi connectivity index (χ2n) is 6.38. The zero-order valence-corrected chi connectivity index (χ0v) is 15.0. The largest absolute Gasteiger partial charge is 0.123 e. The molecule has 0 N–H and O–H groups in total. The van der Waals surface area contributed by atoms with Crippen LogP contribution in [0.3, 0.4) is 0 Å². The van der Waals surface area contributed by atoms with Crippen LogP contribution >= 0.6 is 11.8 Å². The molecule has 0 nitrogen and oxygen atoms in total. The fourth-order valence-electron chi connectivity index (χ4n) is 3.18. The summed E-state index contributed by atoms with van der Waals surface area (Å²) < 4.78 is 0.305. The average molecular weight is 313 g/mol. The van der Waals surface area contributed by atoms with Crippen LogP contribution in [0.4, 0.5) is 0 Å². The number of aryl methyl sites for hydroxylation is 1. The van der Waals surface area contributed by atoms with Crippen molar-refractivity contribution in [1.82, 2.24) is 0 Å². The Bertz CT molecular complexity index is 579. The van der Waals surface area contributed by atoms with E-state index in [9.17, 15) is 0 Å². The van der Waals surface area contributed by atoms with E-state index in [0.29, 0.717) is 4.75 Å². The molecule has 1 aromatic carbocycles. The normalized spacial score (nSPS) is 17.2. The maximum absolute atomic E-state index is 4.12. The molecule has 0 saturated heterocycles. The van der Waals surface area contributed by atoms with E-state index >= 15 is 0 Å². The molecule has 0 aromatic heterocycles. The van der Waals surface area contributed by atoms with Crippen molar-refractivity contribution in [2.75, 3.05) is 0 Å². The fraction of sp³-hybridized carbons (Fsp3) is 0.429. The van der Waals surface area contributed by atoms with E-state index in [1.54, 1.807) is 0 Å². The van der Waals surface area contributed by atoms with Gasteiger partial charge in [0, 0.05) is 11.2 Å². The molecule has 0 spiro atoms. The van der Waals surface area contributed by atoms with Gasteiger partial charge in [0.1, 0.15) is 0 Å². The lowest BCUT2D eigenvalue weighted by atomic mass is 9.91. The smallest absolute Gasteiger partial charge is 0.0241 e. The highest BCUT2D eigenvalue weighted by Gasteiger charge is 2.30. The highest BCUT2D eigenvalue weighted by molar-refractivity contribution is 8.04. The molecule has 0 bridgehead atoms. The van der Waals surface area contributed by atoms with E-state index in [0.717, 1.165) is 12.8 Å². The van der Waals surface area contributed by atoms with Gasteiger partial charge in [-0.05, 0) is 36.7 Å². The van der Waals surface area contributed by atoms with E-state index in [1.165, 1.54) is 40.9 Å². The lowest BCUT2D eigenvalue weighted by Gasteiger charge is -2.34. The number of thioether (sulfide) groups is 1. The van der Waals surface area contributed by atoms with Crippen molar-refractivity contribution in [1.29, 1.82) is 0 Å². The monoisotopic (exact) mass is 312 g/mol. The third kappa shape index (κ3) is 4.64. The summed E-state index contributed by atoms with van der Waals surface area (Å²) in [6, 6.07) is 8.99. The Balaban J connectivity index is 2.21. The number of benzene rings is 1. The molecule has 22 heavy (non-hydrogen) atoms. The van der Waals surface area contributed by atoms with Crippen LogP contribution in [0.5, 0.6) is 0 Å². The third-order valence-corrected chi connectivity index (χ3v) is 5.93. The number of allylic oxidation sites excluding steroid dienone is 5. The molecule has 118 valence electrons. The molecule has 1 unspecified atom stereocenters. The van der Waals surface area contributed by atoms with E-state index in [4.69, 9.17) is 0 Å². The first-order valence-electron chi connectivity index (χ1n) is 8.36. The zero-order valence-electron chi connectivity index (χ0n) is 14.2. The number of rotatable bonds is 7. The van der Waals surface area contributed by atoms with Gasteiger partial charge < -0.3 is 0 Å². The Morgan fingerprint density at radius 1 is 1.27 bits per heavy atom. The molecule has 0 radical (unpaired) electrons. The summed E-state index contributed by atoms with van der Waals surface area (Å²) in [6.07, 6.45) is 12.4. The van der Waals surface area contributed by atoms with E-state index in [1.807, 2.05) is 0 Å². The molecule has 1 heteroatoms. The lowest BCUT2D eigenvalue weighted by molar-refractivity contribution is 0.514. The Morgan fingerprint density at radius 3 is 2.73 bits per heavy atom. The van der Waals surface area contributed by atoms with Gasteiger partial charge in [-0.2, -0.15) is 0 Å². The van der Waals surface area contributed by atoms with Crippen molar-refractivity contribution >= 4 is 11.8 Å². The summed E-state index contributed by atoms with van der Waals surface area (Å²) in [5.41, 5.74) is 4.05. The summed E-state index contributed by atoms with van der Waals surface area (Å²) in [5.74, 6) is 0. The summed E-state index contributed by atoms with van der Waals surface area (Å²) in [6.45, 7) is 10.9. The SMILES string of the molecule is C=C1C=CC=C(SC(CC)(CCC)Cc2cccc(C)c2)C1. The van der Waals surface area contributed by atoms with Gasteiger partial charge in [0.15, 0.2) is 0 Å². The van der Waals surface area contributed by atoms with Gasteiger partial charge in [0.2, 0.25) is 0 Å². The Morgan fingerprint density at radius 2 is 2.09 bits per heavy atom. The Kier molecular flexibility index (Phi) is 6.14. The Hall–Kier alpha value is -1.21. The molecule has 2 rings (SSSR count). The molecule has 0 heterocycles. The van der Waals surface area contributed by atoms with Gasteiger partial charge in [0.05, 0.1) is 0 Å². The van der Waals surface area contributed by atoms with Gasteiger partial charge in [0.25, 0.3) is 0 Å². The molecular weight excluding hydrogens is 284 g/mol.